The van der Waals surface area contributed by atoms with Crippen LogP contribution in [0.1, 0.15) is 79.0 Å². The second-order valence-corrected chi connectivity index (χ2v) is 10.7. The van der Waals surface area contributed by atoms with Crippen LogP contribution in [0.4, 0.5) is 4.39 Å². The molecule has 178 valence electrons. The SMILES string of the molecule is Cc1nc2nc([C@H]3CCO[C@@H](c4ccc(=O)n(C)c4)C3)nc(C34CC(CCF)(C3)C4)c2nc1C. The fourth-order valence-corrected chi connectivity index (χ4v) is 6.47. The molecule has 1 aliphatic heterocycles. The third kappa shape index (κ3) is 3.29. The smallest absolute Gasteiger partial charge is 0.250 e. The Bertz CT molecular complexity index is 1330. The molecule has 0 spiro atoms. The number of nitrogens with zero attached hydrogens (tertiary/aromatic N) is 5. The van der Waals surface area contributed by atoms with E-state index in [0.29, 0.717) is 18.7 Å². The van der Waals surface area contributed by atoms with E-state index in [1.165, 1.54) is 0 Å². The topological polar surface area (TPSA) is 82.8 Å². The lowest BCUT2D eigenvalue weighted by atomic mass is 9.33. The van der Waals surface area contributed by atoms with Crippen LogP contribution in [0, 0.1) is 19.3 Å². The third-order valence-corrected chi connectivity index (χ3v) is 8.36. The van der Waals surface area contributed by atoms with Crippen LogP contribution in [-0.2, 0) is 17.2 Å². The van der Waals surface area contributed by atoms with E-state index in [1.807, 2.05) is 26.1 Å². The molecule has 2 atom stereocenters. The maximum Gasteiger partial charge on any atom is 0.250 e. The lowest BCUT2D eigenvalue weighted by molar-refractivity contribution is -0.150. The molecule has 0 amide bonds. The Kier molecular flexibility index (Phi) is 4.89. The van der Waals surface area contributed by atoms with Crippen molar-refractivity contribution in [1.29, 1.82) is 0 Å². The van der Waals surface area contributed by atoms with Crippen LogP contribution in [0.3, 0.4) is 0 Å². The van der Waals surface area contributed by atoms with Gasteiger partial charge in [0.1, 0.15) is 11.3 Å². The maximum absolute atomic E-state index is 13.1. The Hall–Kier alpha value is -2.74. The van der Waals surface area contributed by atoms with Crippen LogP contribution in [0.25, 0.3) is 11.2 Å². The van der Waals surface area contributed by atoms with Crippen molar-refractivity contribution in [2.45, 2.75) is 69.8 Å². The molecular formula is C26H30FN5O2. The van der Waals surface area contributed by atoms with Crippen molar-refractivity contribution < 1.29 is 9.13 Å². The molecule has 3 aromatic heterocycles. The van der Waals surface area contributed by atoms with Crippen LogP contribution < -0.4 is 5.56 Å². The molecule has 0 radical (unpaired) electrons. The molecule has 0 N–H and O–H groups in total. The third-order valence-electron chi connectivity index (χ3n) is 8.36. The number of rotatable bonds is 5. The summed E-state index contributed by atoms with van der Waals surface area (Å²) in [4.78, 5) is 31.5. The average molecular weight is 464 g/mol. The van der Waals surface area contributed by atoms with Crippen molar-refractivity contribution in [1.82, 2.24) is 24.5 Å². The van der Waals surface area contributed by atoms with Gasteiger partial charge >= 0.3 is 0 Å². The number of alkyl halides is 1. The minimum Gasteiger partial charge on any atom is -0.373 e. The Morgan fingerprint density at radius 2 is 1.88 bits per heavy atom. The molecule has 4 heterocycles. The summed E-state index contributed by atoms with van der Waals surface area (Å²) in [6.45, 7) is 4.30. The predicted molar refractivity (Wildman–Crippen MR) is 126 cm³/mol. The molecule has 4 fully saturated rings. The minimum absolute atomic E-state index is 0.0102. The lowest BCUT2D eigenvalue weighted by Crippen LogP contribution is -2.65. The molecule has 2 bridgehead atoms. The lowest BCUT2D eigenvalue weighted by Gasteiger charge is -2.70. The second kappa shape index (κ2) is 7.63. The highest BCUT2D eigenvalue weighted by atomic mass is 19.1. The van der Waals surface area contributed by atoms with E-state index in [1.54, 1.807) is 17.7 Å². The van der Waals surface area contributed by atoms with Crippen molar-refractivity contribution in [2.75, 3.05) is 13.3 Å². The largest absolute Gasteiger partial charge is 0.373 e. The van der Waals surface area contributed by atoms with Gasteiger partial charge < -0.3 is 9.30 Å². The maximum atomic E-state index is 13.1. The standard InChI is InChI=1S/C26H30FN5O2/c1-15-16(2)29-24-21(28-15)22(26-12-25(13-26,14-26)7-8-27)30-23(31-24)17-6-9-34-19(10-17)18-4-5-20(33)32(3)11-18/h4-5,11,17,19H,6-10,12-14H2,1-3H3/t17-,19+,25?,26?/m0/s1. The van der Waals surface area contributed by atoms with Gasteiger partial charge in [-0.2, -0.15) is 0 Å². The Morgan fingerprint density at radius 3 is 2.62 bits per heavy atom. The fourth-order valence-electron chi connectivity index (χ4n) is 6.47. The van der Waals surface area contributed by atoms with Crippen LogP contribution in [0.15, 0.2) is 23.1 Å². The molecular weight excluding hydrogens is 433 g/mol. The minimum atomic E-state index is -0.251. The zero-order valence-corrected chi connectivity index (χ0v) is 20.0. The summed E-state index contributed by atoms with van der Waals surface area (Å²) >= 11 is 0. The Balaban J connectivity index is 1.37. The average Bonchev–Trinajstić information content (AvgIpc) is 2.77. The Labute approximate surface area is 197 Å². The highest BCUT2D eigenvalue weighted by Crippen LogP contribution is 2.75. The first-order chi connectivity index (χ1) is 16.3. The number of halogens is 1. The summed E-state index contributed by atoms with van der Waals surface area (Å²) in [5.41, 5.74) is 5.36. The zero-order valence-electron chi connectivity index (χ0n) is 20.0. The molecule has 0 unspecified atom stereocenters. The molecule has 4 aliphatic rings. The number of aromatic nitrogens is 5. The first-order valence-electron chi connectivity index (χ1n) is 12.2. The summed E-state index contributed by atoms with van der Waals surface area (Å²) in [5.74, 6) is 0.942. The van der Waals surface area contributed by atoms with Crippen molar-refractivity contribution in [3.8, 4) is 0 Å². The Morgan fingerprint density at radius 1 is 1.12 bits per heavy atom. The highest BCUT2D eigenvalue weighted by Gasteiger charge is 2.69. The second-order valence-electron chi connectivity index (χ2n) is 10.7. The first kappa shape index (κ1) is 21.8. The van der Waals surface area contributed by atoms with Crippen molar-refractivity contribution in [3.63, 3.8) is 0 Å². The van der Waals surface area contributed by atoms with Crippen LogP contribution in [0.5, 0.6) is 0 Å². The van der Waals surface area contributed by atoms with Crippen LogP contribution >= 0.6 is 0 Å². The summed E-state index contributed by atoms with van der Waals surface area (Å²) in [7, 11) is 1.76. The van der Waals surface area contributed by atoms with Gasteiger partial charge in [0.2, 0.25) is 5.56 Å². The van der Waals surface area contributed by atoms with E-state index in [9.17, 15) is 9.18 Å². The molecule has 0 aromatic carbocycles. The zero-order chi connectivity index (χ0) is 23.7. The van der Waals surface area contributed by atoms with Gasteiger partial charge in [0.15, 0.2) is 5.65 Å². The van der Waals surface area contributed by atoms with E-state index in [4.69, 9.17) is 24.7 Å². The van der Waals surface area contributed by atoms with Crippen molar-refractivity contribution in [2.24, 2.45) is 12.5 Å². The van der Waals surface area contributed by atoms with Gasteiger partial charge in [0, 0.05) is 37.3 Å². The molecule has 8 heteroatoms. The summed E-state index contributed by atoms with van der Waals surface area (Å²) < 4.78 is 20.7. The van der Waals surface area contributed by atoms with Crippen molar-refractivity contribution >= 4 is 11.2 Å². The van der Waals surface area contributed by atoms with Gasteiger partial charge in [-0.1, -0.05) is 0 Å². The molecule has 1 saturated heterocycles. The summed E-state index contributed by atoms with van der Waals surface area (Å²) in [6.07, 6.45) is 6.93. The van der Waals surface area contributed by atoms with Gasteiger partial charge in [0.05, 0.1) is 29.9 Å². The fraction of sp³-hybridized carbons (Fsp3) is 0.577. The normalized spacial score (nSPS) is 30.1. The molecule has 3 aromatic rings. The number of ether oxygens (including phenoxy) is 1. The molecule has 7 rings (SSSR count). The highest BCUT2D eigenvalue weighted by molar-refractivity contribution is 5.75. The van der Waals surface area contributed by atoms with E-state index < -0.39 is 0 Å². The van der Waals surface area contributed by atoms with Gasteiger partial charge in [0.25, 0.3) is 0 Å². The summed E-state index contributed by atoms with van der Waals surface area (Å²) in [5, 5.41) is 0. The number of fused-ring (bicyclic) bond motifs is 1. The number of aryl methyl sites for hydroxylation is 3. The van der Waals surface area contributed by atoms with E-state index in [-0.39, 0.29) is 35.1 Å². The molecule has 3 saturated carbocycles. The summed E-state index contributed by atoms with van der Waals surface area (Å²) in [6, 6.07) is 3.44. The number of hydrogen-bond acceptors (Lipinski definition) is 6. The van der Waals surface area contributed by atoms with Crippen LogP contribution in [0.2, 0.25) is 0 Å². The molecule has 7 nitrogen and oxygen atoms in total. The quantitative estimate of drug-likeness (QED) is 0.565. The van der Waals surface area contributed by atoms with Gasteiger partial charge in [-0.15, -0.1) is 0 Å². The number of hydrogen-bond donors (Lipinski definition) is 0. The van der Waals surface area contributed by atoms with Gasteiger partial charge in [-0.3, -0.25) is 9.18 Å². The van der Waals surface area contributed by atoms with Crippen LogP contribution in [-0.4, -0.2) is 37.8 Å². The first-order valence-corrected chi connectivity index (χ1v) is 12.2. The van der Waals surface area contributed by atoms with E-state index >= 15 is 0 Å². The van der Waals surface area contributed by atoms with Gasteiger partial charge in [-0.05, 0) is 69.4 Å². The monoisotopic (exact) mass is 463 g/mol. The molecule has 34 heavy (non-hydrogen) atoms. The van der Waals surface area contributed by atoms with E-state index in [0.717, 1.165) is 66.1 Å². The number of pyridine rings is 1. The molecule has 3 aliphatic carbocycles. The van der Waals surface area contributed by atoms with E-state index in [2.05, 4.69) is 0 Å². The van der Waals surface area contributed by atoms with Crippen molar-refractivity contribution in [3.05, 3.63) is 57.2 Å². The van der Waals surface area contributed by atoms with Gasteiger partial charge in [-0.25, -0.2) is 19.9 Å². The predicted octanol–water partition coefficient (Wildman–Crippen LogP) is 4.15.